The van der Waals surface area contributed by atoms with Crippen molar-refractivity contribution in [2.75, 3.05) is 0 Å². The number of hydrogen-bond donors (Lipinski definition) is 2. The molecule has 1 amide bonds. The monoisotopic (exact) mass is 371 g/mol. The smallest absolute Gasteiger partial charge is 0.269 e. The minimum atomic E-state index is -0.659. The number of carbonyl (C=O) groups is 1. The van der Waals surface area contributed by atoms with Gasteiger partial charge in [0.25, 0.3) is 5.91 Å². The van der Waals surface area contributed by atoms with E-state index in [-0.39, 0.29) is 11.9 Å². The summed E-state index contributed by atoms with van der Waals surface area (Å²) in [7, 11) is 0. The van der Waals surface area contributed by atoms with Gasteiger partial charge in [0.05, 0.1) is 11.3 Å². The first kappa shape index (κ1) is 18.6. The number of nitrogens with zero attached hydrogens (tertiary/aromatic N) is 2. The fourth-order valence-corrected chi connectivity index (χ4v) is 3.76. The highest BCUT2D eigenvalue weighted by atomic mass is 32.1. The predicted octanol–water partition coefficient (Wildman–Crippen LogP) is 4.12. The molecular weight excluding hydrogens is 346 g/mol. The Morgan fingerprint density at radius 1 is 1.35 bits per heavy atom. The first-order chi connectivity index (χ1) is 12.3. The van der Waals surface area contributed by atoms with Crippen LogP contribution < -0.4 is 5.32 Å². The second-order valence-corrected chi connectivity index (χ2v) is 8.18. The largest absolute Gasteiger partial charge is 0.390 e. The summed E-state index contributed by atoms with van der Waals surface area (Å²) in [6.45, 7) is 5.61. The van der Waals surface area contributed by atoms with E-state index in [1.165, 1.54) is 11.3 Å². The highest BCUT2D eigenvalue weighted by molar-refractivity contribution is 7.15. The molecule has 0 radical (unpaired) electrons. The highest BCUT2D eigenvalue weighted by Gasteiger charge is 2.18. The molecule has 3 aromatic rings. The number of amides is 1. The van der Waals surface area contributed by atoms with Crippen LogP contribution >= 0.6 is 11.3 Å². The summed E-state index contributed by atoms with van der Waals surface area (Å²) in [5.74, 6) is -0.0935. The van der Waals surface area contributed by atoms with Gasteiger partial charge in [-0.2, -0.15) is 0 Å². The van der Waals surface area contributed by atoms with Crippen molar-refractivity contribution >= 4 is 22.2 Å². The van der Waals surface area contributed by atoms with Gasteiger partial charge < -0.3 is 10.4 Å². The molecule has 2 N–H and O–H groups in total. The number of thiazole rings is 1. The van der Waals surface area contributed by atoms with Gasteiger partial charge in [-0.05, 0) is 40.0 Å². The van der Waals surface area contributed by atoms with Crippen LogP contribution in [0.4, 0.5) is 0 Å². The van der Waals surface area contributed by atoms with Crippen LogP contribution in [-0.2, 0) is 0 Å². The van der Waals surface area contributed by atoms with Gasteiger partial charge >= 0.3 is 0 Å². The van der Waals surface area contributed by atoms with Crippen molar-refractivity contribution in [3.63, 3.8) is 0 Å². The Hall–Kier alpha value is -2.18. The minimum absolute atomic E-state index is 0.0527. The fraction of sp³-hybridized carbons (Fsp3) is 0.400. The minimum Gasteiger partial charge on any atom is -0.390 e. The topological polar surface area (TPSA) is 66.6 Å². The van der Waals surface area contributed by atoms with Crippen molar-refractivity contribution < 1.29 is 9.90 Å². The summed E-state index contributed by atoms with van der Waals surface area (Å²) < 4.78 is 1.85. The van der Waals surface area contributed by atoms with E-state index in [1.807, 2.05) is 67.1 Å². The van der Waals surface area contributed by atoms with Crippen LogP contribution in [0.1, 0.15) is 50.5 Å². The van der Waals surface area contributed by atoms with Crippen molar-refractivity contribution in [2.45, 2.75) is 51.7 Å². The maximum atomic E-state index is 12.6. The van der Waals surface area contributed by atoms with Crippen molar-refractivity contribution in [2.24, 2.45) is 0 Å². The Labute approximate surface area is 157 Å². The molecule has 3 rings (SSSR count). The highest BCUT2D eigenvalue weighted by Crippen LogP contribution is 2.23. The van der Waals surface area contributed by atoms with E-state index in [2.05, 4.69) is 10.3 Å². The third kappa shape index (κ3) is 4.51. The average molecular weight is 372 g/mol. The van der Waals surface area contributed by atoms with E-state index >= 15 is 0 Å². The van der Waals surface area contributed by atoms with Gasteiger partial charge in [0.2, 0.25) is 0 Å². The Morgan fingerprint density at radius 2 is 2.08 bits per heavy atom. The molecule has 26 heavy (non-hydrogen) atoms. The molecule has 1 atom stereocenters. The van der Waals surface area contributed by atoms with Gasteiger partial charge in [-0.1, -0.05) is 30.3 Å². The molecule has 0 aliphatic heterocycles. The quantitative estimate of drug-likeness (QED) is 0.656. The molecule has 5 nitrogen and oxygen atoms in total. The molecule has 2 heterocycles. The van der Waals surface area contributed by atoms with Gasteiger partial charge in [-0.15, -0.1) is 11.3 Å². The van der Waals surface area contributed by atoms with E-state index in [4.69, 9.17) is 0 Å². The van der Waals surface area contributed by atoms with Gasteiger partial charge in [0.1, 0.15) is 5.69 Å². The van der Waals surface area contributed by atoms with Crippen LogP contribution in [0.15, 0.2) is 41.9 Å². The summed E-state index contributed by atoms with van der Waals surface area (Å²) in [5, 5.41) is 14.7. The first-order valence-electron chi connectivity index (χ1n) is 8.89. The second kappa shape index (κ2) is 7.60. The van der Waals surface area contributed by atoms with Gasteiger partial charge in [0, 0.05) is 23.2 Å². The zero-order chi connectivity index (χ0) is 18.7. The van der Waals surface area contributed by atoms with Gasteiger partial charge in [-0.25, -0.2) is 4.98 Å². The van der Waals surface area contributed by atoms with Crippen molar-refractivity contribution in [1.82, 2.24) is 14.7 Å². The molecule has 6 heteroatoms. The molecule has 0 bridgehead atoms. The van der Waals surface area contributed by atoms with Crippen LogP contribution in [0.3, 0.4) is 0 Å². The molecule has 0 aliphatic carbocycles. The Morgan fingerprint density at radius 3 is 2.77 bits per heavy atom. The van der Waals surface area contributed by atoms with E-state index in [0.29, 0.717) is 5.69 Å². The van der Waals surface area contributed by atoms with Crippen LogP contribution in [0.2, 0.25) is 0 Å². The van der Waals surface area contributed by atoms with Crippen LogP contribution in [0.5, 0.6) is 0 Å². The van der Waals surface area contributed by atoms with Crippen LogP contribution in [0.25, 0.3) is 16.2 Å². The SMILES string of the molecule is C[C@H](CCCC(C)(C)O)NC(=O)c1csc2nc(-c3ccccc3)cn12. The van der Waals surface area contributed by atoms with Crippen molar-refractivity contribution in [3.8, 4) is 11.3 Å². The standard InChI is InChI=1S/C20H25N3O2S/c1-14(8-7-11-20(2,3)25)21-18(24)17-13-26-19-22-16(12-23(17)19)15-9-5-4-6-10-15/h4-6,9-10,12-14,25H,7-8,11H2,1-3H3,(H,21,24)/t14-/m1/s1. The summed E-state index contributed by atoms with van der Waals surface area (Å²) in [5.41, 5.74) is 1.85. The predicted molar refractivity (Wildman–Crippen MR) is 106 cm³/mol. The van der Waals surface area contributed by atoms with E-state index in [1.54, 1.807) is 0 Å². The molecule has 0 saturated heterocycles. The molecule has 0 spiro atoms. The van der Waals surface area contributed by atoms with E-state index in [9.17, 15) is 9.90 Å². The second-order valence-electron chi connectivity index (χ2n) is 7.34. The Bertz CT molecular complexity index is 877. The maximum Gasteiger partial charge on any atom is 0.269 e. The molecule has 2 aromatic heterocycles. The van der Waals surface area contributed by atoms with Crippen LogP contribution in [-0.4, -0.2) is 32.0 Å². The molecule has 0 aliphatic rings. The van der Waals surface area contributed by atoms with Crippen molar-refractivity contribution in [3.05, 3.63) is 47.6 Å². The lowest BCUT2D eigenvalue weighted by Gasteiger charge is -2.19. The number of nitrogens with one attached hydrogen (secondary N) is 1. The van der Waals surface area contributed by atoms with Crippen molar-refractivity contribution in [1.29, 1.82) is 0 Å². The lowest BCUT2D eigenvalue weighted by atomic mass is 10.00. The molecule has 0 unspecified atom stereocenters. The number of aliphatic hydroxyl groups is 1. The molecule has 1 aromatic carbocycles. The third-order valence-corrected chi connectivity index (χ3v) is 5.15. The Balaban J connectivity index is 1.68. The zero-order valence-electron chi connectivity index (χ0n) is 15.4. The number of carbonyl (C=O) groups excluding carboxylic acids is 1. The van der Waals surface area contributed by atoms with Crippen LogP contribution in [0, 0.1) is 0 Å². The third-order valence-electron chi connectivity index (χ3n) is 4.31. The summed E-state index contributed by atoms with van der Waals surface area (Å²) >= 11 is 1.46. The summed E-state index contributed by atoms with van der Waals surface area (Å²) in [6, 6.07) is 10.0. The Kier molecular flexibility index (Phi) is 5.44. The molecular formula is C20H25N3O2S. The number of benzene rings is 1. The molecule has 0 saturated carbocycles. The van der Waals surface area contributed by atoms with E-state index < -0.39 is 5.60 Å². The summed E-state index contributed by atoms with van der Waals surface area (Å²) in [4.78, 5) is 18.1. The zero-order valence-corrected chi connectivity index (χ0v) is 16.2. The first-order valence-corrected chi connectivity index (χ1v) is 9.77. The number of imidazole rings is 1. The number of hydrogen-bond acceptors (Lipinski definition) is 4. The number of fused-ring (bicyclic) bond motifs is 1. The summed E-state index contributed by atoms with van der Waals surface area (Å²) in [6.07, 6.45) is 4.34. The molecule has 0 fully saturated rings. The normalized spacial score (nSPS) is 13.1. The number of aromatic nitrogens is 2. The average Bonchev–Trinajstić information content (AvgIpc) is 3.14. The van der Waals surface area contributed by atoms with Gasteiger partial charge in [0.15, 0.2) is 4.96 Å². The lowest BCUT2D eigenvalue weighted by Crippen LogP contribution is -2.33. The van der Waals surface area contributed by atoms with Gasteiger partial charge in [-0.3, -0.25) is 9.20 Å². The molecule has 138 valence electrons. The lowest BCUT2D eigenvalue weighted by molar-refractivity contribution is 0.0674. The maximum absolute atomic E-state index is 12.6. The number of rotatable bonds is 7. The fourth-order valence-electron chi connectivity index (χ4n) is 2.91. The van der Waals surface area contributed by atoms with E-state index in [0.717, 1.165) is 35.5 Å².